The Morgan fingerprint density at radius 2 is 0.528 bits per heavy atom. The number of anilines is 6. The summed E-state index contributed by atoms with van der Waals surface area (Å²) < 4.78 is 26.8. The Labute approximate surface area is 410 Å². The molecule has 0 saturated carbocycles. The Morgan fingerprint density at radius 3 is 0.958 bits per heavy atom. The molecule has 0 N–H and O–H groups in total. The van der Waals surface area contributed by atoms with Gasteiger partial charge in [-0.1, -0.05) is 97.1 Å². The number of para-hydroxylation sites is 2. The van der Waals surface area contributed by atoms with Crippen LogP contribution in [0.25, 0.3) is 120 Å². The van der Waals surface area contributed by atoms with Crippen LogP contribution in [-0.2, 0) is 0 Å². The number of nitrogens with zero attached hydrogens (tertiary/aromatic N) is 2. The molecule has 0 fully saturated rings. The van der Waals surface area contributed by atoms with E-state index >= 15 is 0 Å². The van der Waals surface area contributed by atoms with Crippen molar-refractivity contribution in [3.63, 3.8) is 0 Å². The third kappa shape index (κ3) is 5.84. The van der Waals surface area contributed by atoms with Crippen LogP contribution in [0.5, 0.6) is 0 Å². The zero-order valence-electron chi connectivity index (χ0n) is 38.5. The molecular formula is C66H38N2O4. The molecule has 16 aromatic rings. The average Bonchev–Trinajstić information content (AvgIpc) is 4.19. The van der Waals surface area contributed by atoms with Gasteiger partial charge in [0, 0.05) is 112 Å². The SMILES string of the molecule is c1ccc(N(c2ccc3c(c2)oc2cc4cc5oc6cc(N(c7ccccc7)c7ccc8c(c7)oc7c9ccccc9ccc87)ccc6c5cc4cc23)c2ccc3c(c2)oc2c4ccccc4ccc32)cc1. The van der Waals surface area contributed by atoms with E-state index in [2.05, 4.69) is 228 Å². The zero-order chi connectivity index (χ0) is 47.0. The highest BCUT2D eigenvalue weighted by molar-refractivity contribution is 6.18. The van der Waals surface area contributed by atoms with Crippen molar-refractivity contribution in [2.75, 3.05) is 9.80 Å². The lowest BCUT2D eigenvalue weighted by Crippen LogP contribution is -2.09. The summed E-state index contributed by atoms with van der Waals surface area (Å²) in [5.74, 6) is 0. The highest BCUT2D eigenvalue weighted by Gasteiger charge is 2.21. The van der Waals surface area contributed by atoms with Gasteiger partial charge in [0.1, 0.15) is 44.7 Å². The zero-order valence-corrected chi connectivity index (χ0v) is 38.5. The number of benzene rings is 12. The predicted molar refractivity (Wildman–Crippen MR) is 297 cm³/mol. The van der Waals surface area contributed by atoms with E-state index in [1.165, 1.54) is 0 Å². The quantitative estimate of drug-likeness (QED) is 0.166. The van der Waals surface area contributed by atoms with Crippen LogP contribution in [0.2, 0.25) is 0 Å². The third-order valence-corrected chi connectivity index (χ3v) is 14.7. The van der Waals surface area contributed by atoms with E-state index in [1.54, 1.807) is 0 Å². The number of fused-ring (bicyclic) bond motifs is 17. The molecule has 0 amide bonds. The number of rotatable bonds is 6. The molecule has 4 aromatic heterocycles. The Bertz CT molecular complexity index is 4580. The number of hydrogen-bond donors (Lipinski definition) is 0. The first kappa shape index (κ1) is 39.1. The van der Waals surface area contributed by atoms with Crippen molar-refractivity contribution in [3.05, 3.63) is 231 Å². The van der Waals surface area contributed by atoms with E-state index < -0.39 is 0 Å². The minimum absolute atomic E-state index is 0.813. The van der Waals surface area contributed by atoms with Crippen molar-refractivity contribution < 1.29 is 17.7 Å². The topological polar surface area (TPSA) is 59.0 Å². The maximum Gasteiger partial charge on any atom is 0.143 e. The van der Waals surface area contributed by atoms with Crippen LogP contribution in [0.3, 0.4) is 0 Å². The highest BCUT2D eigenvalue weighted by atomic mass is 16.3. The fourth-order valence-corrected chi connectivity index (χ4v) is 11.4. The lowest BCUT2D eigenvalue weighted by atomic mass is 10.0. The summed E-state index contributed by atoms with van der Waals surface area (Å²) in [6.45, 7) is 0. The molecule has 4 heterocycles. The smallest absolute Gasteiger partial charge is 0.143 e. The van der Waals surface area contributed by atoms with E-state index in [0.717, 1.165) is 154 Å². The van der Waals surface area contributed by atoms with Gasteiger partial charge in [-0.05, 0) is 131 Å². The first-order chi connectivity index (χ1) is 35.6. The molecular weight excluding hydrogens is 885 g/mol. The summed E-state index contributed by atoms with van der Waals surface area (Å²) in [7, 11) is 0. The summed E-state index contributed by atoms with van der Waals surface area (Å²) in [4.78, 5) is 4.52. The molecule has 0 atom stereocenters. The summed E-state index contributed by atoms with van der Waals surface area (Å²) in [6.07, 6.45) is 0. The molecule has 0 aliphatic carbocycles. The van der Waals surface area contributed by atoms with Crippen LogP contribution in [0.4, 0.5) is 34.1 Å². The van der Waals surface area contributed by atoms with E-state index in [0.29, 0.717) is 0 Å². The fourth-order valence-electron chi connectivity index (χ4n) is 11.4. The molecule has 0 spiro atoms. The molecule has 336 valence electrons. The minimum atomic E-state index is 0.813. The average molecular weight is 923 g/mol. The first-order valence-corrected chi connectivity index (χ1v) is 24.3. The monoisotopic (exact) mass is 922 g/mol. The summed E-state index contributed by atoms with van der Waals surface area (Å²) in [5.41, 5.74) is 12.8. The molecule has 72 heavy (non-hydrogen) atoms. The van der Waals surface area contributed by atoms with Crippen LogP contribution >= 0.6 is 0 Å². The van der Waals surface area contributed by atoms with Crippen LogP contribution in [0.15, 0.2) is 248 Å². The second-order valence-corrected chi connectivity index (χ2v) is 18.8. The van der Waals surface area contributed by atoms with Gasteiger partial charge >= 0.3 is 0 Å². The standard InChI is InChI=1S/C66H38N2O4/c1-3-13-43(14-4-1)67(47-21-27-51-55-25-19-39-11-7-9-17-49(39)65(55)71-63(51)37-47)45-23-29-53-57-31-41-32-58-54-30-24-46(36-62(54)70-60(58)34-42(41)33-59(57)69-61(53)35-45)68(44-15-5-2-6-16-44)48-22-28-52-56-26-20-40-12-8-10-18-50(40)66(56)72-64(52)38-48/h1-38H. The molecule has 0 aliphatic heterocycles. The van der Waals surface area contributed by atoms with E-state index in [1.807, 2.05) is 12.1 Å². The fraction of sp³-hybridized carbons (Fsp3) is 0. The normalized spacial score (nSPS) is 12.2. The molecule has 6 heteroatoms. The van der Waals surface area contributed by atoms with Gasteiger partial charge in [-0.15, -0.1) is 0 Å². The van der Waals surface area contributed by atoms with Gasteiger partial charge in [0.05, 0.1) is 0 Å². The van der Waals surface area contributed by atoms with Crippen molar-refractivity contribution >= 4 is 154 Å². The van der Waals surface area contributed by atoms with Gasteiger partial charge < -0.3 is 27.5 Å². The Kier molecular flexibility index (Phi) is 8.07. The van der Waals surface area contributed by atoms with Crippen molar-refractivity contribution in [2.24, 2.45) is 0 Å². The summed E-state index contributed by atoms with van der Waals surface area (Å²) >= 11 is 0. The van der Waals surface area contributed by atoms with Crippen LogP contribution < -0.4 is 9.80 Å². The summed E-state index contributed by atoms with van der Waals surface area (Å²) in [5, 5.41) is 15.4. The van der Waals surface area contributed by atoms with Gasteiger partial charge in [0.15, 0.2) is 0 Å². The Hall–Kier alpha value is -9.78. The molecule has 0 unspecified atom stereocenters. The molecule has 0 saturated heterocycles. The van der Waals surface area contributed by atoms with Gasteiger partial charge in [-0.25, -0.2) is 0 Å². The van der Waals surface area contributed by atoms with Crippen LogP contribution in [-0.4, -0.2) is 0 Å². The van der Waals surface area contributed by atoms with E-state index in [-0.39, 0.29) is 0 Å². The van der Waals surface area contributed by atoms with Crippen LogP contribution in [0.1, 0.15) is 0 Å². The van der Waals surface area contributed by atoms with Crippen molar-refractivity contribution in [1.29, 1.82) is 0 Å². The Morgan fingerprint density at radius 1 is 0.194 bits per heavy atom. The molecule has 16 rings (SSSR count). The van der Waals surface area contributed by atoms with E-state index in [4.69, 9.17) is 17.7 Å². The van der Waals surface area contributed by atoms with Gasteiger partial charge in [-0.2, -0.15) is 0 Å². The highest BCUT2D eigenvalue weighted by Crippen LogP contribution is 2.45. The molecule has 0 aliphatic rings. The third-order valence-electron chi connectivity index (χ3n) is 14.7. The maximum atomic E-state index is 6.75. The Balaban J connectivity index is 0.780. The van der Waals surface area contributed by atoms with Gasteiger partial charge in [0.25, 0.3) is 0 Å². The lowest BCUT2D eigenvalue weighted by Gasteiger charge is -2.25. The van der Waals surface area contributed by atoms with Crippen LogP contribution in [0, 0.1) is 0 Å². The van der Waals surface area contributed by atoms with E-state index in [9.17, 15) is 0 Å². The van der Waals surface area contributed by atoms with Gasteiger partial charge in [0.2, 0.25) is 0 Å². The van der Waals surface area contributed by atoms with Crippen molar-refractivity contribution in [3.8, 4) is 0 Å². The molecule has 6 nitrogen and oxygen atoms in total. The second kappa shape index (κ2) is 14.9. The molecule has 0 radical (unpaired) electrons. The molecule has 12 aromatic carbocycles. The number of hydrogen-bond acceptors (Lipinski definition) is 6. The predicted octanol–water partition coefficient (Wildman–Crippen LogP) is 19.7. The van der Waals surface area contributed by atoms with Crippen molar-refractivity contribution in [1.82, 2.24) is 0 Å². The first-order valence-electron chi connectivity index (χ1n) is 24.3. The second-order valence-electron chi connectivity index (χ2n) is 18.8. The summed E-state index contributed by atoms with van der Waals surface area (Å²) in [6, 6.07) is 81.2. The maximum absolute atomic E-state index is 6.75. The van der Waals surface area contributed by atoms with Crippen molar-refractivity contribution in [2.45, 2.75) is 0 Å². The van der Waals surface area contributed by atoms with Gasteiger partial charge in [-0.3, -0.25) is 0 Å². The number of furan rings is 4. The minimum Gasteiger partial charge on any atom is -0.456 e. The molecule has 0 bridgehead atoms. The largest absolute Gasteiger partial charge is 0.456 e. The lowest BCUT2D eigenvalue weighted by molar-refractivity contribution is 0.668.